The van der Waals surface area contributed by atoms with Crippen LogP contribution in [0, 0.1) is 6.92 Å². The van der Waals surface area contributed by atoms with Gasteiger partial charge in [-0.25, -0.2) is 9.97 Å². The Hall–Kier alpha value is -2.11. The summed E-state index contributed by atoms with van der Waals surface area (Å²) in [4.78, 5) is 25.7. The SMILES string of the molecule is Cc1cnc([C@H]2CCN(C(=O)CCn3ccnc3)C2)[nH]1. The molecule has 1 aliphatic heterocycles. The fourth-order valence-corrected chi connectivity index (χ4v) is 2.65. The zero-order chi connectivity index (χ0) is 13.9. The Kier molecular flexibility index (Phi) is 3.54. The number of H-pyrrole nitrogens is 1. The average Bonchev–Trinajstić information content (AvgIpc) is 3.16. The van der Waals surface area contributed by atoms with Gasteiger partial charge in [0, 0.05) is 56.3 Å². The molecule has 6 heteroatoms. The van der Waals surface area contributed by atoms with Crippen LogP contribution in [0.15, 0.2) is 24.9 Å². The van der Waals surface area contributed by atoms with Crippen LogP contribution >= 0.6 is 0 Å². The highest BCUT2D eigenvalue weighted by atomic mass is 16.2. The number of rotatable bonds is 4. The number of nitrogens with zero attached hydrogens (tertiary/aromatic N) is 4. The first-order valence-electron chi connectivity index (χ1n) is 6.97. The van der Waals surface area contributed by atoms with Crippen LogP contribution in [0.2, 0.25) is 0 Å². The molecule has 0 saturated carbocycles. The molecule has 1 N–H and O–H groups in total. The Bertz CT molecular complexity index is 574. The minimum absolute atomic E-state index is 0.212. The lowest BCUT2D eigenvalue weighted by atomic mass is 10.1. The quantitative estimate of drug-likeness (QED) is 0.913. The second-order valence-electron chi connectivity index (χ2n) is 5.33. The van der Waals surface area contributed by atoms with Crippen LogP contribution in [0.25, 0.3) is 0 Å². The molecule has 1 aliphatic rings. The molecule has 1 saturated heterocycles. The lowest BCUT2D eigenvalue weighted by Gasteiger charge is -2.16. The van der Waals surface area contributed by atoms with Crippen LogP contribution < -0.4 is 0 Å². The minimum Gasteiger partial charge on any atom is -0.346 e. The van der Waals surface area contributed by atoms with Crippen molar-refractivity contribution in [3.8, 4) is 0 Å². The van der Waals surface area contributed by atoms with Crippen LogP contribution in [-0.4, -0.2) is 43.4 Å². The molecule has 0 spiro atoms. The molecule has 3 heterocycles. The summed E-state index contributed by atoms with van der Waals surface area (Å²) in [6.07, 6.45) is 8.72. The fourth-order valence-electron chi connectivity index (χ4n) is 2.65. The summed E-state index contributed by atoms with van der Waals surface area (Å²) in [7, 11) is 0. The maximum Gasteiger partial charge on any atom is 0.224 e. The first-order chi connectivity index (χ1) is 9.72. The van der Waals surface area contributed by atoms with Crippen LogP contribution in [0.4, 0.5) is 0 Å². The van der Waals surface area contributed by atoms with E-state index in [4.69, 9.17) is 0 Å². The van der Waals surface area contributed by atoms with E-state index < -0.39 is 0 Å². The van der Waals surface area contributed by atoms with Gasteiger partial charge in [-0.3, -0.25) is 4.79 Å². The maximum absolute atomic E-state index is 12.2. The topological polar surface area (TPSA) is 66.8 Å². The molecule has 106 valence electrons. The Labute approximate surface area is 117 Å². The molecule has 1 fully saturated rings. The molecule has 0 bridgehead atoms. The molecule has 1 amide bonds. The highest BCUT2D eigenvalue weighted by molar-refractivity contribution is 5.76. The Morgan fingerprint density at radius 3 is 3.15 bits per heavy atom. The van der Waals surface area contributed by atoms with E-state index in [0.717, 1.165) is 31.0 Å². The Morgan fingerprint density at radius 1 is 1.55 bits per heavy atom. The summed E-state index contributed by atoms with van der Waals surface area (Å²) in [5, 5.41) is 0. The van der Waals surface area contributed by atoms with Crippen molar-refractivity contribution in [1.29, 1.82) is 0 Å². The number of hydrogen-bond acceptors (Lipinski definition) is 3. The molecular weight excluding hydrogens is 254 g/mol. The van der Waals surface area contributed by atoms with E-state index in [1.165, 1.54) is 0 Å². The van der Waals surface area contributed by atoms with Crippen molar-refractivity contribution in [2.45, 2.75) is 32.2 Å². The van der Waals surface area contributed by atoms with Gasteiger partial charge in [0.1, 0.15) is 5.82 Å². The van der Waals surface area contributed by atoms with Gasteiger partial charge in [0.2, 0.25) is 5.91 Å². The molecular formula is C14H19N5O. The first kappa shape index (κ1) is 12.9. The van der Waals surface area contributed by atoms with Gasteiger partial charge in [0.25, 0.3) is 0 Å². The monoisotopic (exact) mass is 273 g/mol. The van der Waals surface area contributed by atoms with Crippen LogP contribution in [-0.2, 0) is 11.3 Å². The van der Waals surface area contributed by atoms with Gasteiger partial charge in [-0.2, -0.15) is 0 Å². The van der Waals surface area contributed by atoms with Gasteiger partial charge in [0.15, 0.2) is 0 Å². The van der Waals surface area contributed by atoms with Gasteiger partial charge in [-0.1, -0.05) is 0 Å². The predicted octanol–water partition coefficient (Wildman–Crippen LogP) is 1.32. The number of imidazole rings is 2. The molecule has 2 aromatic heterocycles. The van der Waals surface area contributed by atoms with Gasteiger partial charge in [0.05, 0.1) is 6.33 Å². The van der Waals surface area contributed by atoms with Crippen molar-refractivity contribution in [1.82, 2.24) is 24.4 Å². The number of carbonyl (C=O) groups excluding carboxylic acids is 1. The second kappa shape index (κ2) is 5.48. The Morgan fingerprint density at radius 2 is 2.45 bits per heavy atom. The number of aryl methyl sites for hydroxylation is 2. The smallest absolute Gasteiger partial charge is 0.224 e. The molecule has 0 aliphatic carbocycles. The number of hydrogen-bond donors (Lipinski definition) is 1. The van der Waals surface area contributed by atoms with E-state index >= 15 is 0 Å². The molecule has 1 atom stereocenters. The van der Waals surface area contributed by atoms with E-state index in [1.54, 1.807) is 12.5 Å². The fraction of sp³-hybridized carbons (Fsp3) is 0.500. The summed E-state index contributed by atoms with van der Waals surface area (Å²) < 4.78 is 1.93. The van der Waals surface area contributed by atoms with Crippen molar-refractivity contribution in [2.75, 3.05) is 13.1 Å². The number of aromatic amines is 1. The van der Waals surface area contributed by atoms with Crippen LogP contribution in [0.5, 0.6) is 0 Å². The van der Waals surface area contributed by atoms with E-state index in [2.05, 4.69) is 15.0 Å². The number of aromatic nitrogens is 4. The summed E-state index contributed by atoms with van der Waals surface area (Å²) in [5.41, 5.74) is 1.07. The number of amides is 1. The highest BCUT2D eigenvalue weighted by Crippen LogP contribution is 2.25. The summed E-state index contributed by atoms with van der Waals surface area (Å²) in [6, 6.07) is 0. The van der Waals surface area contributed by atoms with Crippen molar-refractivity contribution in [3.05, 3.63) is 36.4 Å². The lowest BCUT2D eigenvalue weighted by Crippen LogP contribution is -2.29. The summed E-state index contributed by atoms with van der Waals surface area (Å²) >= 11 is 0. The van der Waals surface area contributed by atoms with Gasteiger partial charge < -0.3 is 14.5 Å². The maximum atomic E-state index is 12.2. The van der Waals surface area contributed by atoms with E-state index in [-0.39, 0.29) is 5.91 Å². The van der Waals surface area contributed by atoms with E-state index in [9.17, 15) is 4.79 Å². The van der Waals surface area contributed by atoms with E-state index in [1.807, 2.05) is 28.8 Å². The molecule has 0 radical (unpaired) electrons. The van der Waals surface area contributed by atoms with Crippen molar-refractivity contribution in [2.24, 2.45) is 0 Å². The molecule has 0 unspecified atom stereocenters. The largest absolute Gasteiger partial charge is 0.346 e. The zero-order valence-electron chi connectivity index (χ0n) is 11.6. The second-order valence-corrected chi connectivity index (χ2v) is 5.33. The number of likely N-dealkylation sites (tertiary alicyclic amines) is 1. The number of nitrogens with one attached hydrogen (secondary N) is 1. The van der Waals surface area contributed by atoms with Crippen molar-refractivity contribution in [3.63, 3.8) is 0 Å². The molecule has 3 rings (SSSR count). The molecule has 6 nitrogen and oxygen atoms in total. The van der Waals surface area contributed by atoms with Crippen molar-refractivity contribution < 1.29 is 4.79 Å². The van der Waals surface area contributed by atoms with Crippen molar-refractivity contribution >= 4 is 5.91 Å². The normalized spacial score (nSPS) is 18.6. The first-order valence-corrected chi connectivity index (χ1v) is 6.97. The molecule has 0 aromatic carbocycles. The average molecular weight is 273 g/mol. The zero-order valence-corrected chi connectivity index (χ0v) is 11.6. The van der Waals surface area contributed by atoms with Gasteiger partial charge in [-0.05, 0) is 13.3 Å². The molecule has 20 heavy (non-hydrogen) atoms. The number of carbonyl (C=O) groups is 1. The third-order valence-corrected chi connectivity index (χ3v) is 3.79. The van der Waals surface area contributed by atoms with E-state index in [0.29, 0.717) is 18.9 Å². The lowest BCUT2D eigenvalue weighted by molar-refractivity contribution is -0.130. The highest BCUT2D eigenvalue weighted by Gasteiger charge is 2.28. The van der Waals surface area contributed by atoms with Crippen LogP contribution in [0.3, 0.4) is 0 Å². The standard InChI is InChI=1S/C14H19N5O/c1-11-8-16-14(17-11)12-2-6-19(9-12)13(20)3-5-18-7-4-15-10-18/h4,7-8,10,12H,2-3,5-6,9H2,1H3,(H,16,17)/t12-/m0/s1. The minimum atomic E-state index is 0.212. The van der Waals surface area contributed by atoms with Crippen LogP contribution in [0.1, 0.15) is 30.3 Å². The van der Waals surface area contributed by atoms with Gasteiger partial charge >= 0.3 is 0 Å². The van der Waals surface area contributed by atoms with Gasteiger partial charge in [-0.15, -0.1) is 0 Å². The molecule has 2 aromatic rings. The third kappa shape index (κ3) is 2.74. The summed E-state index contributed by atoms with van der Waals surface area (Å²) in [6.45, 7) is 4.29. The predicted molar refractivity (Wildman–Crippen MR) is 74.1 cm³/mol. The Balaban J connectivity index is 1.53. The summed E-state index contributed by atoms with van der Waals surface area (Å²) in [5.74, 6) is 1.57. The third-order valence-electron chi connectivity index (χ3n) is 3.79.